The number of benzene rings is 1. The van der Waals surface area contributed by atoms with Gasteiger partial charge in [-0.05, 0) is 62.0 Å². The first kappa shape index (κ1) is 23.6. The van der Waals surface area contributed by atoms with Gasteiger partial charge in [0.05, 0.1) is 23.6 Å². The van der Waals surface area contributed by atoms with Gasteiger partial charge in [0.15, 0.2) is 0 Å². The Bertz CT molecular complexity index is 772. The van der Waals surface area contributed by atoms with Gasteiger partial charge in [0, 0.05) is 6.54 Å². The number of nitrogens with zero attached hydrogens (tertiary/aromatic N) is 1. The maximum atomic E-state index is 12.4. The van der Waals surface area contributed by atoms with Crippen LogP contribution in [-0.4, -0.2) is 58.2 Å². The zero-order valence-corrected chi connectivity index (χ0v) is 17.4. The fraction of sp³-hybridized carbons (Fsp3) is 0.632. The number of likely N-dealkylation sites (tertiary alicyclic amines) is 1. The summed E-state index contributed by atoms with van der Waals surface area (Å²) in [6.07, 6.45) is -3.15. The molecule has 0 aromatic heterocycles. The molecule has 0 aliphatic carbocycles. The van der Waals surface area contributed by atoms with Crippen molar-refractivity contribution in [2.75, 3.05) is 32.8 Å². The van der Waals surface area contributed by atoms with Gasteiger partial charge >= 0.3 is 12.1 Å². The molecule has 0 amide bonds. The van der Waals surface area contributed by atoms with E-state index in [1.807, 2.05) is 13.8 Å². The van der Waals surface area contributed by atoms with Crippen molar-refractivity contribution < 1.29 is 31.1 Å². The molecule has 1 aromatic rings. The van der Waals surface area contributed by atoms with E-state index < -0.39 is 28.7 Å². The second-order valence-electron chi connectivity index (χ2n) is 7.70. The summed E-state index contributed by atoms with van der Waals surface area (Å²) < 4.78 is 69.3. The molecule has 0 saturated carbocycles. The number of nitrogens with one attached hydrogen (secondary N) is 1. The van der Waals surface area contributed by atoms with E-state index in [0.717, 1.165) is 0 Å². The number of piperidine rings is 1. The highest BCUT2D eigenvalue weighted by Crippen LogP contribution is 2.23. The molecule has 1 heterocycles. The lowest BCUT2D eigenvalue weighted by molar-refractivity contribution is -0.148. The van der Waals surface area contributed by atoms with Crippen molar-refractivity contribution in [2.45, 2.75) is 37.8 Å². The number of carbonyl (C=O) groups is 1. The largest absolute Gasteiger partial charge is 0.462 e. The SMILES string of the molecule is CC(C)CNS(=O)(=O)c1ccc(C(=O)OCC2CCN(CC(F)(F)F)CC2)cc1. The number of halogens is 3. The maximum absolute atomic E-state index is 12.4. The van der Waals surface area contributed by atoms with E-state index in [1.165, 1.54) is 29.2 Å². The molecular weight excluding hydrogens is 409 g/mol. The van der Waals surface area contributed by atoms with Crippen molar-refractivity contribution in [3.63, 3.8) is 0 Å². The minimum Gasteiger partial charge on any atom is -0.462 e. The lowest BCUT2D eigenvalue weighted by Gasteiger charge is -2.31. The Morgan fingerprint density at radius 3 is 2.31 bits per heavy atom. The number of hydrogen-bond acceptors (Lipinski definition) is 5. The Labute approximate surface area is 169 Å². The molecular formula is C19H27F3N2O4S. The van der Waals surface area contributed by atoms with Gasteiger partial charge in [-0.15, -0.1) is 0 Å². The lowest BCUT2D eigenvalue weighted by Crippen LogP contribution is -2.40. The van der Waals surface area contributed by atoms with Crippen LogP contribution in [0.3, 0.4) is 0 Å². The van der Waals surface area contributed by atoms with E-state index in [0.29, 0.717) is 32.5 Å². The molecule has 0 bridgehead atoms. The molecule has 0 spiro atoms. The average molecular weight is 436 g/mol. The van der Waals surface area contributed by atoms with Gasteiger partial charge in [-0.25, -0.2) is 17.9 Å². The smallest absolute Gasteiger partial charge is 0.401 e. The molecule has 1 fully saturated rings. The monoisotopic (exact) mass is 436 g/mol. The predicted molar refractivity (Wildman–Crippen MR) is 102 cm³/mol. The third kappa shape index (κ3) is 7.94. The molecule has 164 valence electrons. The molecule has 10 heteroatoms. The highest BCUT2D eigenvalue weighted by Gasteiger charge is 2.32. The van der Waals surface area contributed by atoms with Crippen LogP contribution in [0.1, 0.15) is 37.0 Å². The molecule has 1 aliphatic heterocycles. The van der Waals surface area contributed by atoms with Crippen LogP contribution < -0.4 is 4.72 Å². The van der Waals surface area contributed by atoms with Crippen molar-refractivity contribution in [1.82, 2.24) is 9.62 Å². The first-order valence-electron chi connectivity index (χ1n) is 9.52. The molecule has 29 heavy (non-hydrogen) atoms. The molecule has 1 aromatic carbocycles. The minimum atomic E-state index is -4.21. The second kappa shape index (κ2) is 9.90. The van der Waals surface area contributed by atoms with Gasteiger partial charge < -0.3 is 4.74 Å². The summed E-state index contributed by atoms with van der Waals surface area (Å²) in [6, 6.07) is 5.46. The van der Waals surface area contributed by atoms with E-state index in [9.17, 15) is 26.4 Å². The van der Waals surface area contributed by atoms with Gasteiger partial charge in [-0.3, -0.25) is 4.90 Å². The predicted octanol–water partition coefficient (Wildman–Crippen LogP) is 3.05. The van der Waals surface area contributed by atoms with Gasteiger partial charge in [0.2, 0.25) is 10.0 Å². The summed E-state index contributed by atoms with van der Waals surface area (Å²) in [5, 5.41) is 0. The first-order chi connectivity index (χ1) is 13.5. The second-order valence-corrected chi connectivity index (χ2v) is 9.47. The summed E-state index contributed by atoms with van der Waals surface area (Å²) >= 11 is 0. The van der Waals surface area contributed by atoms with Crippen LogP contribution in [-0.2, 0) is 14.8 Å². The number of esters is 1. The highest BCUT2D eigenvalue weighted by molar-refractivity contribution is 7.89. The molecule has 6 nitrogen and oxygen atoms in total. The van der Waals surface area contributed by atoms with Crippen LogP contribution in [0.15, 0.2) is 29.2 Å². The van der Waals surface area contributed by atoms with E-state index in [-0.39, 0.29) is 28.9 Å². The molecule has 1 N–H and O–H groups in total. The van der Waals surface area contributed by atoms with E-state index >= 15 is 0 Å². The van der Waals surface area contributed by atoms with Crippen molar-refractivity contribution in [3.05, 3.63) is 29.8 Å². The van der Waals surface area contributed by atoms with Crippen LogP contribution in [0, 0.1) is 11.8 Å². The Morgan fingerprint density at radius 1 is 1.21 bits per heavy atom. The van der Waals surface area contributed by atoms with Crippen LogP contribution in [0.2, 0.25) is 0 Å². The van der Waals surface area contributed by atoms with E-state index in [2.05, 4.69) is 4.72 Å². The number of carbonyl (C=O) groups excluding carboxylic acids is 1. The topological polar surface area (TPSA) is 75.7 Å². The average Bonchev–Trinajstić information content (AvgIpc) is 2.64. The van der Waals surface area contributed by atoms with Crippen LogP contribution in [0.4, 0.5) is 13.2 Å². The third-order valence-electron chi connectivity index (χ3n) is 4.64. The van der Waals surface area contributed by atoms with Crippen LogP contribution >= 0.6 is 0 Å². The van der Waals surface area contributed by atoms with Crippen molar-refractivity contribution >= 4 is 16.0 Å². The summed E-state index contributed by atoms with van der Waals surface area (Å²) in [4.78, 5) is 13.6. The fourth-order valence-electron chi connectivity index (χ4n) is 2.97. The zero-order chi connectivity index (χ0) is 21.7. The van der Waals surface area contributed by atoms with Gasteiger partial charge in [0.25, 0.3) is 0 Å². The van der Waals surface area contributed by atoms with Gasteiger partial charge in [-0.1, -0.05) is 13.8 Å². The molecule has 0 radical (unpaired) electrons. The molecule has 0 unspecified atom stereocenters. The summed E-state index contributed by atoms with van der Waals surface area (Å²) in [5.74, 6) is -0.399. The number of alkyl halides is 3. The number of hydrogen-bond donors (Lipinski definition) is 1. The van der Waals surface area contributed by atoms with Crippen LogP contribution in [0.5, 0.6) is 0 Å². The summed E-state index contributed by atoms with van der Waals surface area (Å²) in [7, 11) is -3.63. The zero-order valence-electron chi connectivity index (χ0n) is 16.5. The maximum Gasteiger partial charge on any atom is 0.401 e. The molecule has 2 rings (SSSR count). The van der Waals surface area contributed by atoms with Gasteiger partial charge in [-0.2, -0.15) is 13.2 Å². The number of rotatable bonds is 8. The molecule has 1 aliphatic rings. The Balaban J connectivity index is 1.81. The van der Waals surface area contributed by atoms with Crippen molar-refractivity contribution in [1.29, 1.82) is 0 Å². The minimum absolute atomic E-state index is 0.0170. The highest BCUT2D eigenvalue weighted by atomic mass is 32.2. The van der Waals surface area contributed by atoms with Crippen LogP contribution in [0.25, 0.3) is 0 Å². The third-order valence-corrected chi connectivity index (χ3v) is 6.08. The van der Waals surface area contributed by atoms with Crippen molar-refractivity contribution in [2.24, 2.45) is 11.8 Å². The summed E-state index contributed by atoms with van der Waals surface area (Å²) in [6.45, 7) is 3.95. The molecule has 1 saturated heterocycles. The summed E-state index contributed by atoms with van der Waals surface area (Å²) in [5.41, 5.74) is 0.224. The van der Waals surface area contributed by atoms with Crippen molar-refractivity contribution in [3.8, 4) is 0 Å². The normalized spacial score (nSPS) is 16.9. The van der Waals surface area contributed by atoms with E-state index in [4.69, 9.17) is 4.74 Å². The Kier molecular flexibility index (Phi) is 8.07. The van der Waals surface area contributed by atoms with Gasteiger partial charge in [0.1, 0.15) is 0 Å². The number of sulfonamides is 1. The Morgan fingerprint density at radius 2 is 1.79 bits per heavy atom. The quantitative estimate of drug-likeness (QED) is 0.634. The standard InChI is InChI=1S/C19H27F3N2O4S/c1-14(2)11-23-29(26,27)17-5-3-16(4-6-17)18(25)28-12-15-7-9-24(10-8-15)13-19(20,21)22/h3-6,14-15,23H,7-13H2,1-2H3. The first-order valence-corrected chi connectivity index (χ1v) is 11.0. The van der Waals surface area contributed by atoms with E-state index in [1.54, 1.807) is 0 Å². The molecule has 0 atom stereocenters. The lowest BCUT2D eigenvalue weighted by atomic mass is 9.98. The Hall–Kier alpha value is -1.65. The fourth-order valence-corrected chi connectivity index (χ4v) is 4.19. The number of ether oxygens (including phenoxy) is 1.